The Morgan fingerprint density at radius 2 is 1.77 bits per heavy atom. The Morgan fingerprint density at radius 3 is 2.45 bits per heavy atom. The van der Waals surface area contributed by atoms with E-state index in [1.165, 1.54) is 24.3 Å². The molecule has 1 fully saturated rings. The first kappa shape index (κ1) is 29.2. The van der Waals surface area contributed by atoms with Gasteiger partial charge in [-0.2, -0.15) is 0 Å². The summed E-state index contributed by atoms with van der Waals surface area (Å²) in [4.78, 5) is 36.4. The van der Waals surface area contributed by atoms with Crippen LogP contribution in [0.1, 0.15) is 52.7 Å². The van der Waals surface area contributed by atoms with E-state index in [1.54, 1.807) is 24.1 Å². The highest BCUT2D eigenvalue weighted by Gasteiger charge is 2.22. The summed E-state index contributed by atoms with van der Waals surface area (Å²) in [5, 5.41) is 6.24. The van der Waals surface area contributed by atoms with Gasteiger partial charge in [0, 0.05) is 44.1 Å². The van der Waals surface area contributed by atoms with Crippen LogP contribution >= 0.6 is 11.9 Å². The van der Waals surface area contributed by atoms with Gasteiger partial charge in [0.1, 0.15) is 17.8 Å². The Balaban J connectivity index is 1.58. The van der Waals surface area contributed by atoms with Crippen LogP contribution in [0.25, 0.3) is 0 Å². The van der Waals surface area contributed by atoms with Gasteiger partial charge < -0.3 is 29.7 Å². The maximum Gasteiger partial charge on any atom is 0.272 e. The number of rotatable bonds is 8. The van der Waals surface area contributed by atoms with E-state index < -0.39 is 0 Å². The van der Waals surface area contributed by atoms with Gasteiger partial charge in [-0.05, 0) is 47.7 Å². The lowest BCUT2D eigenvalue weighted by atomic mass is 9.86. The molecule has 2 aromatic carbocycles. The third-order valence-electron chi connectivity index (χ3n) is 6.55. The molecule has 0 unspecified atom stereocenters. The van der Waals surface area contributed by atoms with Crippen LogP contribution in [0.15, 0.2) is 42.7 Å². The number of piperazine rings is 1. The Kier molecular flexibility index (Phi) is 9.16. The Hall–Kier alpha value is -3.83. The average molecular weight is 565 g/mol. The van der Waals surface area contributed by atoms with Crippen molar-refractivity contribution in [1.82, 2.24) is 20.2 Å². The van der Waals surface area contributed by atoms with Crippen molar-refractivity contribution in [3.05, 3.63) is 65.1 Å². The quantitative estimate of drug-likeness (QED) is 0.329. The SMILES string of the molecule is COc1c(NSC)cc(C(C)(C)C)cc1NC(=O)c1ccc(C)c(Oc2cc(C(=O)N3CCNCC3)ncn2)c1. The lowest BCUT2D eigenvalue weighted by molar-refractivity contribution is 0.0729. The van der Waals surface area contributed by atoms with E-state index in [9.17, 15) is 9.59 Å². The monoisotopic (exact) mass is 564 g/mol. The van der Waals surface area contributed by atoms with Crippen LogP contribution in [-0.4, -0.2) is 66.2 Å². The van der Waals surface area contributed by atoms with Crippen molar-refractivity contribution >= 4 is 35.1 Å². The molecule has 212 valence electrons. The Bertz CT molecular complexity index is 1390. The molecule has 0 spiro atoms. The molecule has 1 saturated heterocycles. The second kappa shape index (κ2) is 12.6. The van der Waals surface area contributed by atoms with E-state index in [0.29, 0.717) is 35.8 Å². The number of nitrogens with one attached hydrogen (secondary N) is 3. The second-order valence-electron chi connectivity index (χ2n) is 10.5. The highest BCUT2D eigenvalue weighted by atomic mass is 32.2. The normalized spacial score (nSPS) is 13.5. The van der Waals surface area contributed by atoms with Crippen LogP contribution in [0.5, 0.6) is 17.4 Å². The third-order valence-corrected chi connectivity index (χ3v) is 6.97. The summed E-state index contributed by atoms with van der Waals surface area (Å²) >= 11 is 1.45. The van der Waals surface area contributed by atoms with E-state index in [-0.39, 0.29) is 28.8 Å². The molecule has 0 saturated carbocycles. The number of aromatic nitrogens is 2. The largest absolute Gasteiger partial charge is 0.492 e. The van der Waals surface area contributed by atoms with Crippen molar-refractivity contribution in [3.8, 4) is 17.4 Å². The van der Waals surface area contributed by atoms with E-state index in [1.807, 2.05) is 31.4 Å². The molecular weight excluding hydrogens is 528 g/mol. The number of hydrogen-bond acceptors (Lipinski definition) is 9. The van der Waals surface area contributed by atoms with Crippen LogP contribution < -0.4 is 24.8 Å². The second-order valence-corrected chi connectivity index (χ2v) is 11.1. The van der Waals surface area contributed by atoms with Crippen molar-refractivity contribution in [2.24, 2.45) is 0 Å². The summed E-state index contributed by atoms with van der Waals surface area (Å²) in [6.07, 6.45) is 3.24. The lowest BCUT2D eigenvalue weighted by Crippen LogP contribution is -2.46. The van der Waals surface area contributed by atoms with Gasteiger partial charge in [0.15, 0.2) is 5.75 Å². The molecule has 0 atom stereocenters. The number of amides is 2. The number of ether oxygens (including phenoxy) is 2. The minimum Gasteiger partial charge on any atom is -0.492 e. The molecule has 0 aliphatic carbocycles. The molecule has 11 heteroatoms. The maximum atomic E-state index is 13.4. The molecule has 40 heavy (non-hydrogen) atoms. The van der Waals surface area contributed by atoms with Gasteiger partial charge in [-0.25, -0.2) is 9.97 Å². The van der Waals surface area contributed by atoms with Crippen molar-refractivity contribution < 1.29 is 19.1 Å². The summed E-state index contributed by atoms with van der Waals surface area (Å²) in [6, 6.07) is 10.7. The molecule has 0 bridgehead atoms. The first-order chi connectivity index (χ1) is 19.1. The Labute approximate surface area is 239 Å². The van der Waals surface area contributed by atoms with Gasteiger partial charge in [0.05, 0.1) is 18.5 Å². The van der Waals surface area contributed by atoms with Crippen molar-refractivity contribution in [3.63, 3.8) is 0 Å². The zero-order valence-electron chi connectivity index (χ0n) is 23.8. The molecule has 10 nitrogen and oxygen atoms in total. The van der Waals surface area contributed by atoms with Crippen LogP contribution in [0.3, 0.4) is 0 Å². The fourth-order valence-corrected chi connectivity index (χ4v) is 4.63. The van der Waals surface area contributed by atoms with Gasteiger partial charge in [0.25, 0.3) is 11.8 Å². The van der Waals surface area contributed by atoms with Crippen LogP contribution in [0.2, 0.25) is 0 Å². The fourth-order valence-electron chi connectivity index (χ4n) is 4.26. The van der Waals surface area contributed by atoms with Gasteiger partial charge >= 0.3 is 0 Å². The molecule has 0 radical (unpaired) electrons. The molecule has 1 aliphatic heterocycles. The number of hydrogen-bond donors (Lipinski definition) is 3. The number of nitrogens with zero attached hydrogens (tertiary/aromatic N) is 3. The molecule has 1 aromatic heterocycles. The highest BCUT2D eigenvalue weighted by molar-refractivity contribution is 7.99. The van der Waals surface area contributed by atoms with Crippen molar-refractivity contribution in [1.29, 1.82) is 0 Å². The maximum absolute atomic E-state index is 13.4. The zero-order valence-corrected chi connectivity index (χ0v) is 24.6. The van der Waals surface area contributed by atoms with Crippen LogP contribution in [0.4, 0.5) is 11.4 Å². The average Bonchev–Trinajstić information content (AvgIpc) is 2.94. The number of aryl methyl sites for hydroxylation is 1. The highest BCUT2D eigenvalue weighted by Crippen LogP contribution is 2.40. The minimum absolute atomic E-state index is 0.145. The smallest absolute Gasteiger partial charge is 0.272 e. The standard InChI is InChI=1S/C29H36N6O4S/c1-18-7-8-19(27(36)33-21-14-20(29(2,3)4)15-22(34-40-6)26(21)38-5)13-24(18)39-25-16-23(31-17-32-25)28(37)35-11-9-30-10-12-35/h7-8,13-17,30,34H,9-12H2,1-6H3,(H,33,36). The topological polar surface area (TPSA) is 118 Å². The molecule has 3 aromatic rings. The van der Waals surface area contributed by atoms with Gasteiger partial charge in [-0.1, -0.05) is 38.8 Å². The summed E-state index contributed by atoms with van der Waals surface area (Å²) < 4.78 is 15.0. The molecule has 4 rings (SSSR count). The van der Waals surface area contributed by atoms with Gasteiger partial charge in [-0.3, -0.25) is 9.59 Å². The molecule has 2 amide bonds. The predicted octanol–water partition coefficient (Wildman–Crippen LogP) is 4.87. The van der Waals surface area contributed by atoms with E-state index in [2.05, 4.69) is 46.1 Å². The van der Waals surface area contributed by atoms with Gasteiger partial charge in [0.2, 0.25) is 5.88 Å². The minimum atomic E-state index is -0.318. The van der Waals surface area contributed by atoms with Crippen molar-refractivity contribution in [2.45, 2.75) is 33.1 Å². The molecular formula is C29H36N6O4S. The first-order valence-corrected chi connectivity index (χ1v) is 14.3. The van der Waals surface area contributed by atoms with Crippen LogP contribution in [0, 0.1) is 6.92 Å². The third kappa shape index (κ3) is 6.83. The zero-order chi connectivity index (χ0) is 28.9. The summed E-state index contributed by atoms with van der Waals surface area (Å²) in [5.41, 5.74) is 3.71. The first-order valence-electron chi connectivity index (χ1n) is 13.0. The van der Waals surface area contributed by atoms with E-state index >= 15 is 0 Å². The van der Waals surface area contributed by atoms with Gasteiger partial charge in [-0.15, -0.1) is 0 Å². The number of benzene rings is 2. The number of anilines is 2. The van der Waals surface area contributed by atoms with Crippen molar-refractivity contribution in [2.75, 3.05) is 49.6 Å². The number of carbonyl (C=O) groups excluding carboxylic acids is 2. The summed E-state index contributed by atoms with van der Waals surface area (Å²) in [7, 11) is 1.58. The fraction of sp³-hybridized carbons (Fsp3) is 0.379. The molecule has 2 heterocycles. The summed E-state index contributed by atoms with van der Waals surface area (Å²) in [5.74, 6) is 0.734. The van der Waals surface area contributed by atoms with E-state index in [4.69, 9.17) is 9.47 Å². The van der Waals surface area contributed by atoms with E-state index in [0.717, 1.165) is 29.9 Å². The number of methoxy groups -OCH3 is 1. The number of carbonyl (C=O) groups is 2. The molecule has 3 N–H and O–H groups in total. The Morgan fingerprint density at radius 1 is 1.05 bits per heavy atom. The summed E-state index contributed by atoms with van der Waals surface area (Å²) in [6.45, 7) is 10.9. The van der Waals surface area contributed by atoms with Crippen LogP contribution in [-0.2, 0) is 5.41 Å². The molecule has 1 aliphatic rings. The lowest BCUT2D eigenvalue weighted by Gasteiger charge is -2.27. The predicted molar refractivity (Wildman–Crippen MR) is 159 cm³/mol.